The van der Waals surface area contributed by atoms with Gasteiger partial charge in [-0.25, -0.2) is 0 Å². The first-order chi connectivity index (χ1) is 8.59. The maximum absolute atomic E-state index is 12.4. The van der Waals surface area contributed by atoms with Crippen LogP contribution in [0.4, 0.5) is 0 Å². The molecule has 2 rings (SSSR count). The molecule has 1 amide bonds. The third-order valence-corrected chi connectivity index (χ3v) is 3.67. The van der Waals surface area contributed by atoms with E-state index >= 15 is 0 Å². The molecule has 0 aromatic carbocycles. The zero-order chi connectivity index (χ0) is 13.1. The molecule has 1 aromatic heterocycles. The van der Waals surface area contributed by atoms with Crippen LogP contribution >= 0.6 is 0 Å². The molecule has 0 aliphatic carbocycles. The van der Waals surface area contributed by atoms with Gasteiger partial charge in [0.25, 0.3) is 0 Å². The van der Waals surface area contributed by atoms with Gasteiger partial charge in [0.05, 0.1) is 18.3 Å². The van der Waals surface area contributed by atoms with Crippen molar-refractivity contribution in [2.24, 2.45) is 5.92 Å². The largest absolute Gasteiger partial charge is 0.469 e. The highest BCUT2D eigenvalue weighted by atomic mass is 16.5. The van der Waals surface area contributed by atoms with Gasteiger partial charge in [-0.1, -0.05) is 0 Å². The average molecular weight is 251 g/mol. The minimum Gasteiger partial charge on any atom is -0.469 e. The molecule has 2 heterocycles. The van der Waals surface area contributed by atoms with Crippen LogP contribution < -0.4 is 0 Å². The standard InChI is InChI=1S/C14H21NO3/c1-10-12(6-8-18-10)9-15(3)14(16)13-5-4-7-17-11(13)2/h6,8,11,13H,4-5,7,9H2,1-3H3/t11-,13-/m1/s1. The molecule has 1 aliphatic heterocycles. The first kappa shape index (κ1) is 13.1. The smallest absolute Gasteiger partial charge is 0.228 e. The van der Waals surface area contributed by atoms with Crippen LogP contribution in [0.25, 0.3) is 0 Å². The number of hydrogen-bond acceptors (Lipinski definition) is 3. The Labute approximate surface area is 108 Å². The molecule has 4 nitrogen and oxygen atoms in total. The molecule has 0 unspecified atom stereocenters. The first-order valence-electron chi connectivity index (χ1n) is 6.49. The van der Waals surface area contributed by atoms with Crippen molar-refractivity contribution in [3.8, 4) is 0 Å². The van der Waals surface area contributed by atoms with Gasteiger partial charge < -0.3 is 14.1 Å². The van der Waals surface area contributed by atoms with Crippen molar-refractivity contribution < 1.29 is 13.9 Å². The molecule has 1 fully saturated rings. The Morgan fingerprint density at radius 3 is 2.94 bits per heavy atom. The minimum absolute atomic E-state index is 0.00374. The Balaban J connectivity index is 1.98. The van der Waals surface area contributed by atoms with E-state index in [1.807, 2.05) is 27.0 Å². The maximum atomic E-state index is 12.4. The third-order valence-electron chi connectivity index (χ3n) is 3.67. The van der Waals surface area contributed by atoms with Crippen molar-refractivity contribution in [3.05, 3.63) is 23.7 Å². The number of aryl methyl sites for hydroxylation is 1. The van der Waals surface area contributed by atoms with Crippen LogP contribution in [0.15, 0.2) is 16.7 Å². The lowest BCUT2D eigenvalue weighted by Gasteiger charge is -2.31. The van der Waals surface area contributed by atoms with E-state index in [-0.39, 0.29) is 17.9 Å². The molecule has 4 heteroatoms. The first-order valence-corrected chi connectivity index (χ1v) is 6.49. The van der Waals surface area contributed by atoms with E-state index in [0.29, 0.717) is 6.54 Å². The summed E-state index contributed by atoms with van der Waals surface area (Å²) in [4.78, 5) is 14.1. The molecule has 2 atom stereocenters. The Bertz CT molecular complexity index is 413. The number of rotatable bonds is 3. The van der Waals surface area contributed by atoms with E-state index in [9.17, 15) is 4.79 Å². The molecule has 0 N–H and O–H groups in total. The van der Waals surface area contributed by atoms with Gasteiger partial charge in [-0.05, 0) is 32.8 Å². The van der Waals surface area contributed by atoms with Gasteiger partial charge in [-0.15, -0.1) is 0 Å². The number of nitrogens with zero attached hydrogens (tertiary/aromatic N) is 1. The molecule has 0 spiro atoms. The quantitative estimate of drug-likeness (QED) is 0.828. The lowest BCUT2D eigenvalue weighted by atomic mass is 9.94. The summed E-state index contributed by atoms with van der Waals surface area (Å²) in [5, 5.41) is 0. The monoisotopic (exact) mass is 251 g/mol. The highest BCUT2D eigenvalue weighted by molar-refractivity contribution is 5.79. The fourth-order valence-corrected chi connectivity index (χ4v) is 2.44. The molecule has 1 saturated heterocycles. The van der Waals surface area contributed by atoms with E-state index in [1.165, 1.54) is 0 Å². The van der Waals surface area contributed by atoms with Crippen LogP contribution in [0.1, 0.15) is 31.1 Å². The second kappa shape index (κ2) is 5.57. The molecule has 1 aliphatic rings. The molecule has 18 heavy (non-hydrogen) atoms. The average Bonchev–Trinajstić information content (AvgIpc) is 2.75. The van der Waals surface area contributed by atoms with Crippen molar-refractivity contribution in [2.45, 2.75) is 39.3 Å². The number of amides is 1. The van der Waals surface area contributed by atoms with Crippen LogP contribution in [0.2, 0.25) is 0 Å². The number of carbonyl (C=O) groups excluding carboxylic acids is 1. The lowest BCUT2D eigenvalue weighted by Crippen LogP contribution is -2.40. The molecule has 0 saturated carbocycles. The number of carbonyl (C=O) groups is 1. The van der Waals surface area contributed by atoms with E-state index in [4.69, 9.17) is 9.15 Å². The third kappa shape index (κ3) is 2.75. The highest BCUT2D eigenvalue weighted by Gasteiger charge is 2.30. The topological polar surface area (TPSA) is 42.7 Å². The Hall–Kier alpha value is -1.29. The van der Waals surface area contributed by atoms with Gasteiger partial charge in [0, 0.05) is 25.8 Å². The van der Waals surface area contributed by atoms with Gasteiger partial charge >= 0.3 is 0 Å². The summed E-state index contributed by atoms with van der Waals surface area (Å²) in [6.45, 7) is 5.28. The van der Waals surface area contributed by atoms with Gasteiger partial charge in [0.15, 0.2) is 0 Å². The van der Waals surface area contributed by atoms with Gasteiger partial charge in [-0.2, -0.15) is 0 Å². The predicted octanol–water partition coefficient (Wildman–Crippen LogP) is 2.36. The number of furan rings is 1. The van der Waals surface area contributed by atoms with Crippen LogP contribution in [0.5, 0.6) is 0 Å². The van der Waals surface area contributed by atoms with E-state index in [1.54, 1.807) is 11.2 Å². The predicted molar refractivity (Wildman–Crippen MR) is 68.1 cm³/mol. The molecule has 0 bridgehead atoms. The van der Waals surface area contributed by atoms with Gasteiger partial charge in [0.1, 0.15) is 5.76 Å². The van der Waals surface area contributed by atoms with Crippen molar-refractivity contribution in [3.63, 3.8) is 0 Å². The van der Waals surface area contributed by atoms with E-state index in [0.717, 1.165) is 30.8 Å². The Kier molecular flexibility index (Phi) is 4.07. The van der Waals surface area contributed by atoms with Crippen molar-refractivity contribution in [2.75, 3.05) is 13.7 Å². The summed E-state index contributed by atoms with van der Waals surface area (Å²) in [5.41, 5.74) is 1.07. The summed E-state index contributed by atoms with van der Waals surface area (Å²) in [6.07, 6.45) is 3.59. The Morgan fingerprint density at radius 2 is 2.33 bits per heavy atom. The maximum Gasteiger partial charge on any atom is 0.228 e. The highest BCUT2D eigenvalue weighted by Crippen LogP contribution is 2.23. The van der Waals surface area contributed by atoms with Gasteiger partial charge in [0.2, 0.25) is 5.91 Å². The van der Waals surface area contributed by atoms with E-state index in [2.05, 4.69) is 0 Å². The lowest BCUT2D eigenvalue weighted by molar-refractivity contribution is -0.143. The van der Waals surface area contributed by atoms with Crippen molar-refractivity contribution in [1.82, 2.24) is 4.90 Å². The van der Waals surface area contributed by atoms with Gasteiger partial charge in [-0.3, -0.25) is 4.79 Å². The van der Waals surface area contributed by atoms with Crippen molar-refractivity contribution in [1.29, 1.82) is 0 Å². The molecule has 1 aromatic rings. The van der Waals surface area contributed by atoms with E-state index < -0.39 is 0 Å². The Morgan fingerprint density at radius 1 is 1.56 bits per heavy atom. The van der Waals surface area contributed by atoms with Crippen LogP contribution in [0.3, 0.4) is 0 Å². The minimum atomic E-state index is -0.00374. The summed E-state index contributed by atoms with van der Waals surface area (Å²) in [7, 11) is 1.84. The number of hydrogen-bond donors (Lipinski definition) is 0. The molecular weight excluding hydrogens is 230 g/mol. The summed E-state index contributed by atoms with van der Waals surface area (Å²) in [5.74, 6) is 1.04. The molecular formula is C14H21NO3. The van der Waals surface area contributed by atoms with Crippen LogP contribution in [-0.2, 0) is 16.1 Å². The summed E-state index contributed by atoms with van der Waals surface area (Å²) in [6, 6.07) is 1.92. The fourth-order valence-electron chi connectivity index (χ4n) is 2.44. The summed E-state index contributed by atoms with van der Waals surface area (Å²) >= 11 is 0. The van der Waals surface area contributed by atoms with Crippen LogP contribution in [0, 0.1) is 12.8 Å². The zero-order valence-corrected chi connectivity index (χ0v) is 11.3. The number of ether oxygens (including phenoxy) is 1. The summed E-state index contributed by atoms with van der Waals surface area (Å²) < 4.78 is 10.8. The SMILES string of the molecule is Cc1occc1CN(C)C(=O)[C@@H]1CCCO[C@@H]1C. The second-order valence-electron chi connectivity index (χ2n) is 5.02. The molecule has 100 valence electrons. The second-order valence-corrected chi connectivity index (χ2v) is 5.02. The zero-order valence-electron chi connectivity index (χ0n) is 11.3. The van der Waals surface area contributed by atoms with Crippen molar-refractivity contribution >= 4 is 5.91 Å². The fraction of sp³-hybridized carbons (Fsp3) is 0.643. The molecule has 0 radical (unpaired) electrons. The normalized spacial score (nSPS) is 23.9. The van der Waals surface area contributed by atoms with Crippen LogP contribution in [-0.4, -0.2) is 30.6 Å².